The summed E-state index contributed by atoms with van der Waals surface area (Å²) in [6.45, 7) is 2.96. The lowest BCUT2D eigenvalue weighted by atomic mass is 9.96. The third kappa shape index (κ3) is 4.20. The highest BCUT2D eigenvalue weighted by Crippen LogP contribution is 2.20. The van der Waals surface area contributed by atoms with Crippen LogP contribution in [0.1, 0.15) is 19.8 Å². The molecule has 1 atom stereocenters. The third-order valence-corrected chi connectivity index (χ3v) is 3.40. The minimum atomic E-state index is -0.763. The van der Waals surface area contributed by atoms with Crippen molar-refractivity contribution < 1.29 is 23.9 Å². The van der Waals surface area contributed by atoms with E-state index in [0.29, 0.717) is 25.9 Å². The lowest BCUT2D eigenvalue weighted by molar-refractivity contribution is -0.147. The number of piperidine rings is 1. The molecule has 108 valence electrons. The summed E-state index contributed by atoms with van der Waals surface area (Å²) in [7, 11) is 2.58. The van der Waals surface area contributed by atoms with Gasteiger partial charge in [0.1, 0.15) is 0 Å². The van der Waals surface area contributed by atoms with E-state index < -0.39 is 18.0 Å². The van der Waals surface area contributed by atoms with E-state index in [4.69, 9.17) is 4.74 Å². The molecule has 1 aliphatic heterocycles. The Kier molecular flexibility index (Phi) is 5.75. The van der Waals surface area contributed by atoms with Crippen molar-refractivity contribution in [1.29, 1.82) is 0 Å². The fourth-order valence-corrected chi connectivity index (χ4v) is 2.11. The predicted octanol–water partition coefficient (Wildman–Crippen LogP) is 0.143. The maximum Gasteiger partial charge on any atom is 0.413 e. The highest BCUT2D eigenvalue weighted by molar-refractivity contribution is 5.94. The van der Waals surface area contributed by atoms with Crippen molar-refractivity contribution in [3.05, 3.63) is 0 Å². The Labute approximate surface area is 112 Å². The van der Waals surface area contributed by atoms with Gasteiger partial charge in [0, 0.05) is 0 Å². The molecule has 0 radical (unpaired) electrons. The molecule has 1 heterocycles. The highest BCUT2D eigenvalue weighted by atomic mass is 16.5. The van der Waals surface area contributed by atoms with Crippen LogP contribution in [0.15, 0.2) is 0 Å². The summed E-state index contributed by atoms with van der Waals surface area (Å²) in [5, 5.41) is 2.14. The van der Waals surface area contributed by atoms with E-state index in [9.17, 15) is 14.4 Å². The zero-order valence-electron chi connectivity index (χ0n) is 11.5. The standard InChI is InChI=1S/C12H20N2O5/c1-8(10(15)13-12(17)19-3)14-6-4-9(5-7-14)11(16)18-2/h8-9H,4-7H2,1-3H3,(H,13,15,17)/t8-/m0/s1. The number of carbonyl (C=O) groups excluding carboxylic acids is 3. The number of likely N-dealkylation sites (tertiary alicyclic amines) is 1. The molecular weight excluding hydrogens is 252 g/mol. The summed E-state index contributed by atoms with van der Waals surface area (Å²) >= 11 is 0. The molecule has 0 aromatic carbocycles. The van der Waals surface area contributed by atoms with Crippen molar-refractivity contribution in [2.24, 2.45) is 5.92 Å². The Morgan fingerprint density at radius 2 is 1.74 bits per heavy atom. The summed E-state index contributed by atoms with van der Waals surface area (Å²) in [5.41, 5.74) is 0. The van der Waals surface area contributed by atoms with E-state index in [1.54, 1.807) is 6.92 Å². The number of carbonyl (C=O) groups is 3. The van der Waals surface area contributed by atoms with Gasteiger partial charge in [0.2, 0.25) is 5.91 Å². The van der Waals surface area contributed by atoms with Crippen molar-refractivity contribution >= 4 is 18.0 Å². The second-order valence-corrected chi connectivity index (χ2v) is 4.49. The van der Waals surface area contributed by atoms with E-state index in [1.807, 2.05) is 4.90 Å². The summed E-state index contributed by atoms with van der Waals surface area (Å²) in [6, 6.07) is -0.433. The van der Waals surface area contributed by atoms with Gasteiger partial charge in [0.05, 0.1) is 26.2 Å². The number of rotatable bonds is 3. The Bertz CT molecular complexity index is 350. The minimum Gasteiger partial charge on any atom is -0.469 e. The van der Waals surface area contributed by atoms with Gasteiger partial charge >= 0.3 is 12.1 Å². The van der Waals surface area contributed by atoms with Crippen molar-refractivity contribution in [2.75, 3.05) is 27.3 Å². The zero-order chi connectivity index (χ0) is 14.4. The number of nitrogens with one attached hydrogen (secondary N) is 1. The van der Waals surface area contributed by atoms with Crippen LogP contribution in [0.4, 0.5) is 4.79 Å². The SMILES string of the molecule is COC(=O)NC(=O)[C@H](C)N1CCC(C(=O)OC)CC1. The van der Waals surface area contributed by atoms with Crippen LogP contribution in [-0.4, -0.2) is 56.2 Å². The lowest BCUT2D eigenvalue weighted by Crippen LogP contribution is -2.50. The third-order valence-electron chi connectivity index (χ3n) is 3.40. The van der Waals surface area contributed by atoms with Crippen LogP contribution in [0.2, 0.25) is 0 Å². The molecule has 0 saturated carbocycles. The lowest BCUT2D eigenvalue weighted by Gasteiger charge is -2.33. The van der Waals surface area contributed by atoms with Gasteiger partial charge in [-0.25, -0.2) is 4.79 Å². The number of nitrogens with zero attached hydrogens (tertiary/aromatic N) is 1. The van der Waals surface area contributed by atoms with Crippen LogP contribution in [0.3, 0.4) is 0 Å². The molecule has 7 nitrogen and oxygen atoms in total. The highest BCUT2D eigenvalue weighted by Gasteiger charge is 2.30. The number of hydrogen-bond donors (Lipinski definition) is 1. The fourth-order valence-electron chi connectivity index (χ4n) is 2.11. The molecule has 1 N–H and O–H groups in total. The molecule has 0 bridgehead atoms. The monoisotopic (exact) mass is 272 g/mol. The van der Waals surface area contributed by atoms with Crippen molar-refractivity contribution in [3.63, 3.8) is 0 Å². The molecule has 19 heavy (non-hydrogen) atoms. The van der Waals surface area contributed by atoms with Crippen LogP contribution in [0.25, 0.3) is 0 Å². The largest absolute Gasteiger partial charge is 0.469 e. The average molecular weight is 272 g/mol. The molecule has 1 rings (SSSR count). The Balaban J connectivity index is 2.44. The molecule has 0 aromatic heterocycles. The second kappa shape index (κ2) is 7.08. The maximum absolute atomic E-state index is 11.7. The van der Waals surface area contributed by atoms with Crippen LogP contribution < -0.4 is 5.32 Å². The molecule has 7 heteroatoms. The van der Waals surface area contributed by atoms with E-state index in [2.05, 4.69) is 10.1 Å². The minimum absolute atomic E-state index is 0.0999. The number of imide groups is 1. The molecule has 2 amide bonds. The molecule has 0 unspecified atom stereocenters. The van der Waals surface area contributed by atoms with E-state index >= 15 is 0 Å². The van der Waals surface area contributed by atoms with Gasteiger partial charge in [-0.2, -0.15) is 0 Å². The molecule has 0 aliphatic carbocycles. The number of hydrogen-bond acceptors (Lipinski definition) is 6. The van der Waals surface area contributed by atoms with Gasteiger partial charge < -0.3 is 9.47 Å². The number of amides is 2. The van der Waals surface area contributed by atoms with Crippen molar-refractivity contribution in [3.8, 4) is 0 Å². The quantitative estimate of drug-likeness (QED) is 0.736. The first kappa shape index (κ1) is 15.4. The van der Waals surface area contributed by atoms with Crippen LogP contribution >= 0.6 is 0 Å². The van der Waals surface area contributed by atoms with Gasteiger partial charge in [-0.05, 0) is 32.9 Å². The average Bonchev–Trinajstić information content (AvgIpc) is 2.45. The zero-order valence-corrected chi connectivity index (χ0v) is 11.5. The van der Waals surface area contributed by atoms with Crippen molar-refractivity contribution in [2.45, 2.75) is 25.8 Å². The first-order valence-electron chi connectivity index (χ1n) is 6.20. The molecule has 0 spiro atoms. The summed E-state index contributed by atoms with van der Waals surface area (Å²) < 4.78 is 9.07. The predicted molar refractivity (Wildman–Crippen MR) is 66.3 cm³/mol. The summed E-state index contributed by atoms with van der Waals surface area (Å²) in [6.07, 6.45) is 0.548. The summed E-state index contributed by atoms with van der Waals surface area (Å²) in [4.78, 5) is 36.0. The maximum atomic E-state index is 11.7. The van der Waals surface area contributed by atoms with Gasteiger partial charge in [0.25, 0.3) is 0 Å². The molecule has 1 fully saturated rings. The molecule has 1 saturated heterocycles. The molecule has 1 aliphatic rings. The Morgan fingerprint density at radius 1 is 1.16 bits per heavy atom. The number of esters is 1. The Hall–Kier alpha value is -1.63. The Morgan fingerprint density at radius 3 is 2.21 bits per heavy atom. The number of methoxy groups -OCH3 is 2. The van der Waals surface area contributed by atoms with Crippen molar-refractivity contribution in [1.82, 2.24) is 10.2 Å². The second-order valence-electron chi connectivity index (χ2n) is 4.49. The normalized spacial score (nSPS) is 18.5. The number of alkyl carbamates (subject to hydrolysis) is 1. The van der Waals surface area contributed by atoms with Gasteiger partial charge in [-0.15, -0.1) is 0 Å². The van der Waals surface area contributed by atoms with E-state index in [1.165, 1.54) is 14.2 Å². The van der Waals surface area contributed by atoms with Gasteiger partial charge in [0.15, 0.2) is 0 Å². The topological polar surface area (TPSA) is 84.9 Å². The van der Waals surface area contributed by atoms with Gasteiger partial charge in [-0.1, -0.05) is 0 Å². The molecular formula is C12H20N2O5. The van der Waals surface area contributed by atoms with E-state index in [-0.39, 0.29) is 11.9 Å². The van der Waals surface area contributed by atoms with Crippen LogP contribution in [-0.2, 0) is 19.1 Å². The van der Waals surface area contributed by atoms with Gasteiger partial charge in [-0.3, -0.25) is 19.8 Å². The van der Waals surface area contributed by atoms with E-state index in [0.717, 1.165) is 0 Å². The van der Waals surface area contributed by atoms with Crippen LogP contribution in [0.5, 0.6) is 0 Å². The first-order valence-corrected chi connectivity index (χ1v) is 6.20. The number of ether oxygens (including phenoxy) is 2. The molecule has 0 aromatic rings. The van der Waals surface area contributed by atoms with Crippen LogP contribution in [0, 0.1) is 5.92 Å². The smallest absolute Gasteiger partial charge is 0.413 e. The first-order chi connectivity index (χ1) is 8.99. The summed E-state index contributed by atoms with van der Waals surface area (Å²) in [5.74, 6) is -0.702. The fraction of sp³-hybridized carbons (Fsp3) is 0.750.